The van der Waals surface area contributed by atoms with E-state index in [0.717, 1.165) is 29.7 Å². The van der Waals surface area contributed by atoms with E-state index in [1.807, 2.05) is 0 Å². The molecule has 1 aliphatic heterocycles. The van der Waals surface area contributed by atoms with E-state index in [2.05, 4.69) is 14.8 Å². The number of nitrogens with one attached hydrogen (secondary N) is 1. The Balaban J connectivity index is 1.82. The van der Waals surface area contributed by atoms with Crippen molar-refractivity contribution in [2.75, 3.05) is 24.5 Å². The van der Waals surface area contributed by atoms with Gasteiger partial charge in [0.25, 0.3) is 15.8 Å². The number of nitrogens with zero attached hydrogens (tertiary/aromatic N) is 4. The Labute approximate surface area is 174 Å². The third-order valence-corrected chi connectivity index (χ3v) is 5.55. The van der Waals surface area contributed by atoms with E-state index < -0.39 is 27.5 Å². The van der Waals surface area contributed by atoms with Gasteiger partial charge in [-0.25, -0.2) is 14.8 Å². The summed E-state index contributed by atoms with van der Waals surface area (Å²) < 4.78 is 63.3. The minimum Gasteiger partial charge on any atom is -0.369 e. The van der Waals surface area contributed by atoms with Gasteiger partial charge in [-0.2, -0.15) is 31.4 Å². The molecule has 1 aliphatic rings. The van der Waals surface area contributed by atoms with Crippen molar-refractivity contribution in [3.05, 3.63) is 45.5 Å². The molecule has 2 aromatic heterocycles. The van der Waals surface area contributed by atoms with Gasteiger partial charge < -0.3 is 4.90 Å². The summed E-state index contributed by atoms with van der Waals surface area (Å²) >= 11 is 6.23. The van der Waals surface area contributed by atoms with Crippen molar-refractivity contribution in [2.45, 2.75) is 19.0 Å². The second-order valence-electron chi connectivity index (χ2n) is 6.81. The van der Waals surface area contributed by atoms with Crippen molar-refractivity contribution in [3.8, 4) is 5.82 Å². The number of hydrogen-bond acceptors (Lipinski definition) is 6. The van der Waals surface area contributed by atoms with Crippen LogP contribution in [0.3, 0.4) is 0 Å². The van der Waals surface area contributed by atoms with E-state index in [0.29, 0.717) is 25.0 Å². The molecule has 2 aromatic rings. The zero-order valence-corrected chi connectivity index (χ0v) is 17.0. The molecule has 0 spiro atoms. The zero-order chi connectivity index (χ0) is 22.1. The second-order valence-corrected chi connectivity index (χ2v) is 8.57. The van der Waals surface area contributed by atoms with Crippen LogP contribution in [-0.4, -0.2) is 42.8 Å². The molecular weight excluding hydrogens is 449 g/mol. The number of aromatic nitrogens is 3. The second kappa shape index (κ2) is 8.49. The van der Waals surface area contributed by atoms with Crippen LogP contribution in [0.5, 0.6) is 0 Å². The molecular formula is C16H18ClF3N6O3S. The summed E-state index contributed by atoms with van der Waals surface area (Å²) in [6, 6.07) is 1.83. The highest BCUT2D eigenvalue weighted by atomic mass is 35.5. The van der Waals surface area contributed by atoms with E-state index in [1.165, 1.54) is 6.20 Å². The van der Waals surface area contributed by atoms with Gasteiger partial charge in [-0.05, 0) is 30.9 Å². The molecule has 164 valence electrons. The van der Waals surface area contributed by atoms with Crippen LogP contribution >= 0.6 is 11.6 Å². The number of anilines is 1. The Morgan fingerprint density at radius 2 is 2.03 bits per heavy atom. The minimum atomic E-state index is -4.55. The van der Waals surface area contributed by atoms with Crippen LogP contribution in [0.1, 0.15) is 18.4 Å². The zero-order valence-electron chi connectivity index (χ0n) is 15.4. The summed E-state index contributed by atoms with van der Waals surface area (Å²) in [4.78, 5) is 18.1. The molecule has 0 aliphatic carbocycles. The molecule has 1 fully saturated rings. The first kappa shape index (κ1) is 22.5. The number of alkyl halides is 3. The highest BCUT2D eigenvalue weighted by Crippen LogP contribution is 2.29. The Morgan fingerprint density at radius 3 is 2.63 bits per heavy atom. The summed E-state index contributed by atoms with van der Waals surface area (Å²) in [6.45, 7) is 1.15. The first-order chi connectivity index (χ1) is 14.0. The first-order valence-corrected chi connectivity index (χ1v) is 10.7. The number of nitrogens with two attached hydrogens (primary N) is 1. The van der Waals surface area contributed by atoms with Crippen molar-refractivity contribution < 1.29 is 21.6 Å². The van der Waals surface area contributed by atoms with E-state index in [1.54, 1.807) is 4.90 Å². The van der Waals surface area contributed by atoms with E-state index in [4.69, 9.17) is 16.7 Å². The molecule has 0 radical (unpaired) electrons. The fourth-order valence-corrected chi connectivity index (χ4v) is 3.89. The Bertz CT molecular complexity index is 1080. The molecule has 14 heteroatoms. The summed E-state index contributed by atoms with van der Waals surface area (Å²) in [7, 11) is -3.81. The Hall–Kier alpha value is -2.22. The van der Waals surface area contributed by atoms with E-state index >= 15 is 0 Å². The maximum absolute atomic E-state index is 12.7. The molecule has 3 heterocycles. The van der Waals surface area contributed by atoms with Crippen LogP contribution in [-0.2, 0) is 16.4 Å². The van der Waals surface area contributed by atoms with Crippen molar-refractivity contribution >= 4 is 27.5 Å². The van der Waals surface area contributed by atoms with Gasteiger partial charge in [0.15, 0.2) is 5.82 Å². The molecule has 0 amide bonds. The maximum atomic E-state index is 12.7. The van der Waals surface area contributed by atoms with Crippen LogP contribution < -0.4 is 20.3 Å². The fraction of sp³-hybridized carbons (Fsp3) is 0.438. The molecule has 0 unspecified atom stereocenters. The Morgan fingerprint density at radius 1 is 1.30 bits per heavy atom. The molecule has 0 saturated carbocycles. The topological polar surface area (TPSA) is 123 Å². The van der Waals surface area contributed by atoms with Gasteiger partial charge in [-0.15, -0.1) is 0 Å². The molecule has 3 rings (SSSR count). The third-order valence-electron chi connectivity index (χ3n) is 4.63. The van der Waals surface area contributed by atoms with Gasteiger partial charge in [0.2, 0.25) is 0 Å². The van der Waals surface area contributed by atoms with Crippen LogP contribution in [0.15, 0.2) is 29.3 Å². The fourth-order valence-electron chi connectivity index (χ4n) is 3.17. The number of piperidine rings is 1. The molecule has 1 atom stereocenters. The van der Waals surface area contributed by atoms with Gasteiger partial charge in [0.05, 0.1) is 17.4 Å². The molecule has 0 aromatic carbocycles. The molecule has 0 bridgehead atoms. The van der Waals surface area contributed by atoms with Crippen LogP contribution in [0.25, 0.3) is 5.82 Å². The van der Waals surface area contributed by atoms with Gasteiger partial charge in [-0.3, -0.25) is 4.79 Å². The van der Waals surface area contributed by atoms with Gasteiger partial charge in [0.1, 0.15) is 5.02 Å². The predicted molar refractivity (Wildman–Crippen MR) is 104 cm³/mol. The lowest BCUT2D eigenvalue weighted by Crippen LogP contribution is -2.43. The highest BCUT2D eigenvalue weighted by molar-refractivity contribution is 7.87. The number of rotatable bonds is 5. The minimum absolute atomic E-state index is 0.0489. The van der Waals surface area contributed by atoms with Gasteiger partial charge in [-0.1, -0.05) is 11.6 Å². The molecule has 1 saturated heterocycles. The number of hydrogen-bond donors (Lipinski definition) is 2. The molecule has 30 heavy (non-hydrogen) atoms. The van der Waals surface area contributed by atoms with Gasteiger partial charge in [0, 0.05) is 25.8 Å². The lowest BCUT2D eigenvalue weighted by molar-refractivity contribution is -0.137. The molecule has 3 N–H and O–H groups in total. The first-order valence-electron chi connectivity index (χ1n) is 8.79. The lowest BCUT2D eigenvalue weighted by atomic mass is 9.98. The highest BCUT2D eigenvalue weighted by Gasteiger charge is 2.31. The monoisotopic (exact) mass is 466 g/mol. The number of halogens is 4. The third kappa shape index (κ3) is 5.28. The SMILES string of the molecule is NS(=O)(=O)NC[C@H]1CCCN(c2cnn(-c3ccc(C(F)(F)F)cn3)c(=O)c2Cl)C1. The van der Waals surface area contributed by atoms with Crippen LogP contribution in [0.2, 0.25) is 5.02 Å². The van der Waals surface area contributed by atoms with Crippen molar-refractivity contribution in [1.82, 2.24) is 19.5 Å². The normalized spacial score (nSPS) is 17.9. The lowest BCUT2D eigenvalue weighted by Gasteiger charge is -2.34. The number of pyridine rings is 1. The average Bonchev–Trinajstić information content (AvgIpc) is 2.68. The van der Waals surface area contributed by atoms with Crippen LogP contribution in [0.4, 0.5) is 18.9 Å². The predicted octanol–water partition coefficient (Wildman–Crippen LogP) is 1.31. The van der Waals surface area contributed by atoms with Crippen molar-refractivity contribution in [1.29, 1.82) is 0 Å². The van der Waals surface area contributed by atoms with Crippen molar-refractivity contribution in [2.24, 2.45) is 11.1 Å². The summed E-state index contributed by atoms with van der Waals surface area (Å²) in [5.41, 5.74) is -1.33. The van der Waals surface area contributed by atoms with Crippen molar-refractivity contribution in [3.63, 3.8) is 0 Å². The van der Waals surface area contributed by atoms with Gasteiger partial charge >= 0.3 is 6.18 Å². The average molecular weight is 467 g/mol. The van der Waals surface area contributed by atoms with E-state index in [-0.39, 0.29) is 23.3 Å². The standard InChI is InChI=1S/C16H18ClF3N6O3S/c17-14-12(25-5-1-2-10(9-25)6-24-30(21,28)29)8-23-26(15(14)27)13-4-3-11(7-22-13)16(18,19)20/h3-4,7-8,10,24H,1-2,5-6,9H2,(H2,21,28,29)/t10-/m1/s1. The smallest absolute Gasteiger partial charge is 0.369 e. The summed E-state index contributed by atoms with van der Waals surface area (Å²) in [6.07, 6.45) is -1.11. The maximum Gasteiger partial charge on any atom is 0.417 e. The quantitative estimate of drug-likeness (QED) is 0.684. The molecule has 9 nitrogen and oxygen atoms in total. The summed E-state index contributed by atoms with van der Waals surface area (Å²) in [5.74, 6) is -0.150. The summed E-state index contributed by atoms with van der Waals surface area (Å²) in [5, 5.41) is 8.78. The Kier molecular flexibility index (Phi) is 6.36. The largest absolute Gasteiger partial charge is 0.417 e. The van der Waals surface area contributed by atoms with E-state index in [9.17, 15) is 26.4 Å². The van der Waals surface area contributed by atoms with Crippen LogP contribution in [0, 0.1) is 5.92 Å².